The van der Waals surface area contributed by atoms with Crippen molar-refractivity contribution in [3.05, 3.63) is 78.3 Å². The summed E-state index contributed by atoms with van der Waals surface area (Å²) in [7, 11) is 0. The third-order valence-corrected chi connectivity index (χ3v) is 5.04. The number of nitrogens with zero attached hydrogens (tertiary/aromatic N) is 1. The molecule has 1 aliphatic rings. The molecular formula is C24H25N3O4. The Labute approximate surface area is 181 Å². The number of hydrogen-bond donors (Lipinski definition) is 2. The average molecular weight is 419 g/mol. The van der Waals surface area contributed by atoms with Gasteiger partial charge in [-0.05, 0) is 68.4 Å². The molecule has 0 spiro atoms. The maximum atomic E-state index is 12.7. The van der Waals surface area contributed by atoms with Gasteiger partial charge in [0.2, 0.25) is 0 Å². The van der Waals surface area contributed by atoms with E-state index in [0.717, 1.165) is 18.8 Å². The zero-order valence-corrected chi connectivity index (χ0v) is 17.5. The first-order valence-electron chi connectivity index (χ1n) is 10.2. The molecule has 2 aromatic carbocycles. The van der Waals surface area contributed by atoms with Crippen LogP contribution in [-0.4, -0.2) is 37.1 Å². The minimum atomic E-state index is -0.370. The molecule has 7 heteroatoms. The molecule has 2 atom stereocenters. The van der Waals surface area contributed by atoms with Gasteiger partial charge in [-0.2, -0.15) is 0 Å². The van der Waals surface area contributed by atoms with Crippen LogP contribution in [-0.2, 0) is 4.74 Å². The van der Waals surface area contributed by atoms with E-state index in [9.17, 15) is 9.59 Å². The highest BCUT2D eigenvalue weighted by Gasteiger charge is 2.22. The van der Waals surface area contributed by atoms with Gasteiger partial charge in [-0.25, -0.2) is 0 Å². The van der Waals surface area contributed by atoms with Gasteiger partial charge in [0.1, 0.15) is 0 Å². The van der Waals surface area contributed by atoms with Crippen molar-refractivity contribution in [1.29, 1.82) is 0 Å². The van der Waals surface area contributed by atoms with Crippen molar-refractivity contribution in [2.24, 2.45) is 0 Å². The summed E-state index contributed by atoms with van der Waals surface area (Å²) >= 11 is 0. The summed E-state index contributed by atoms with van der Waals surface area (Å²) in [5.41, 5.74) is 2.76. The predicted molar refractivity (Wildman–Crippen MR) is 120 cm³/mol. The first-order chi connectivity index (χ1) is 15.0. The minimum Gasteiger partial charge on any atom is -0.459 e. The van der Waals surface area contributed by atoms with Crippen molar-refractivity contribution in [2.75, 3.05) is 28.6 Å². The standard InChI is InChI=1S/C24H25N3O4/c1-16-14-27(15-17(2)31-16)21-10-8-19(9-11-21)25-23(28)18-5-3-6-20(13-18)26-24(29)22-7-4-12-30-22/h3-13,16-17H,14-15H2,1-2H3,(H,25,28)(H,26,29)/t16-,17+. The lowest BCUT2D eigenvalue weighted by Gasteiger charge is -2.36. The lowest BCUT2D eigenvalue weighted by Crippen LogP contribution is -2.45. The number of carbonyl (C=O) groups is 2. The molecule has 7 nitrogen and oxygen atoms in total. The number of hydrogen-bond acceptors (Lipinski definition) is 5. The molecule has 3 aromatic rings. The van der Waals surface area contributed by atoms with Crippen molar-refractivity contribution in [1.82, 2.24) is 0 Å². The Balaban J connectivity index is 1.39. The van der Waals surface area contributed by atoms with Crippen LogP contribution in [0.25, 0.3) is 0 Å². The van der Waals surface area contributed by atoms with Gasteiger partial charge in [0, 0.05) is 35.7 Å². The maximum absolute atomic E-state index is 12.7. The molecular weight excluding hydrogens is 394 g/mol. The Hall–Kier alpha value is -3.58. The summed E-state index contributed by atoms with van der Waals surface area (Å²) in [6, 6.07) is 17.8. The number of nitrogens with one attached hydrogen (secondary N) is 2. The third-order valence-electron chi connectivity index (χ3n) is 5.04. The Bertz CT molecular complexity index is 1040. The summed E-state index contributed by atoms with van der Waals surface area (Å²) in [5, 5.41) is 5.63. The summed E-state index contributed by atoms with van der Waals surface area (Å²) < 4.78 is 10.9. The number of furan rings is 1. The van der Waals surface area contributed by atoms with Crippen molar-refractivity contribution in [3.8, 4) is 0 Å². The molecule has 1 aliphatic heterocycles. The molecule has 2 amide bonds. The van der Waals surface area contributed by atoms with Crippen LogP contribution in [0, 0.1) is 0 Å². The van der Waals surface area contributed by atoms with E-state index in [4.69, 9.17) is 9.15 Å². The topological polar surface area (TPSA) is 83.8 Å². The van der Waals surface area contributed by atoms with E-state index in [0.29, 0.717) is 16.9 Å². The molecule has 0 saturated carbocycles. The molecule has 2 heterocycles. The highest BCUT2D eigenvalue weighted by molar-refractivity contribution is 6.06. The van der Waals surface area contributed by atoms with Gasteiger partial charge in [0.25, 0.3) is 11.8 Å². The zero-order valence-electron chi connectivity index (χ0n) is 17.5. The second kappa shape index (κ2) is 9.06. The van der Waals surface area contributed by atoms with E-state index >= 15 is 0 Å². The molecule has 4 rings (SSSR count). The first kappa shape index (κ1) is 20.7. The van der Waals surface area contributed by atoms with Crippen LogP contribution in [0.15, 0.2) is 71.3 Å². The Morgan fingerprint density at radius 1 is 0.871 bits per heavy atom. The van der Waals surface area contributed by atoms with E-state index in [1.165, 1.54) is 6.26 Å². The largest absolute Gasteiger partial charge is 0.459 e. The van der Waals surface area contributed by atoms with Crippen LogP contribution in [0.5, 0.6) is 0 Å². The fourth-order valence-electron chi connectivity index (χ4n) is 3.69. The number of amides is 2. The molecule has 2 N–H and O–H groups in total. The maximum Gasteiger partial charge on any atom is 0.291 e. The van der Waals surface area contributed by atoms with Crippen LogP contribution in [0.3, 0.4) is 0 Å². The normalized spacial score (nSPS) is 18.5. The lowest BCUT2D eigenvalue weighted by atomic mass is 10.1. The number of morpholine rings is 1. The molecule has 1 fully saturated rings. The van der Waals surface area contributed by atoms with Crippen LogP contribution in [0.4, 0.5) is 17.1 Å². The number of ether oxygens (including phenoxy) is 1. The second-order valence-electron chi connectivity index (χ2n) is 7.68. The van der Waals surface area contributed by atoms with Crippen molar-refractivity contribution in [2.45, 2.75) is 26.1 Å². The minimum absolute atomic E-state index is 0.184. The highest BCUT2D eigenvalue weighted by atomic mass is 16.5. The molecule has 1 aromatic heterocycles. The summed E-state index contributed by atoms with van der Waals surface area (Å²) in [6.07, 6.45) is 1.80. The van der Waals surface area contributed by atoms with Crippen molar-refractivity contribution >= 4 is 28.9 Å². The van der Waals surface area contributed by atoms with E-state index in [-0.39, 0.29) is 29.8 Å². The highest BCUT2D eigenvalue weighted by Crippen LogP contribution is 2.23. The van der Waals surface area contributed by atoms with Crippen LogP contribution >= 0.6 is 0 Å². The SMILES string of the molecule is C[C@@H]1CN(c2ccc(NC(=O)c3cccc(NC(=O)c4ccco4)c3)cc2)C[C@H](C)O1. The molecule has 160 valence electrons. The van der Waals surface area contributed by atoms with E-state index in [1.807, 2.05) is 24.3 Å². The molecule has 0 unspecified atom stereocenters. The number of benzene rings is 2. The van der Waals surface area contributed by atoms with Gasteiger partial charge in [0.05, 0.1) is 18.5 Å². The van der Waals surface area contributed by atoms with Gasteiger partial charge in [-0.15, -0.1) is 0 Å². The molecule has 0 radical (unpaired) electrons. The summed E-state index contributed by atoms with van der Waals surface area (Å²) in [6.45, 7) is 5.82. The lowest BCUT2D eigenvalue weighted by molar-refractivity contribution is -0.00521. The van der Waals surface area contributed by atoms with Crippen molar-refractivity contribution in [3.63, 3.8) is 0 Å². The van der Waals surface area contributed by atoms with E-state index in [2.05, 4.69) is 29.4 Å². The molecule has 1 saturated heterocycles. The van der Waals surface area contributed by atoms with E-state index in [1.54, 1.807) is 36.4 Å². The smallest absolute Gasteiger partial charge is 0.291 e. The monoisotopic (exact) mass is 419 g/mol. The Kier molecular flexibility index (Phi) is 6.04. The molecule has 31 heavy (non-hydrogen) atoms. The quantitative estimate of drug-likeness (QED) is 0.641. The number of rotatable bonds is 5. The van der Waals surface area contributed by atoms with Crippen molar-refractivity contribution < 1.29 is 18.7 Å². The Morgan fingerprint density at radius 3 is 2.26 bits per heavy atom. The van der Waals surface area contributed by atoms with E-state index < -0.39 is 0 Å². The second-order valence-corrected chi connectivity index (χ2v) is 7.68. The number of carbonyl (C=O) groups excluding carboxylic acids is 2. The van der Waals surface area contributed by atoms with Gasteiger partial charge < -0.3 is 24.7 Å². The van der Waals surface area contributed by atoms with Gasteiger partial charge in [-0.1, -0.05) is 6.07 Å². The van der Waals surface area contributed by atoms with Crippen LogP contribution in [0.1, 0.15) is 34.8 Å². The fraction of sp³-hybridized carbons (Fsp3) is 0.250. The predicted octanol–water partition coefficient (Wildman–Crippen LogP) is 4.40. The van der Waals surface area contributed by atoms with Gasteiger partial charge in [-0.3, -0.25) is 9.59 Å². The van der Waals surface area contributed by atoms with Gasteiger partial charge in [0.15, 0.2) is 5.76 Å². The van der Waals surface area contributed by atoms with Crippen LogP contribution < -0.4 is 15.5 Å². The molecule has 0 bridgehead atoms. The molecule has 0 aliphatic carbocycles. The zero-order chi connectivity index (χ0) is 21.8. The fourth-order valence-corrected chi connectivity index (χ4v) is 3.69. The Morgan fingerprint density at radius 2 is 1.58 bits per heavy atom. The summed E-state index contributed by atoms with van der Waals surface area (Å²) in [4.78, 5) is 27.1. The van der Waals surface area contributed by atoms with Gasteiger partial charge >= 0.3 is 0 Å². The third kappa shape index (κ3) is 5.13. The first-order valence-corrected chi connectivity index (χ1v) is 10.2. The summed E-state index contributed by atoms with van der Waals surface area (Å²) in [5.74, 6) is -0.417. The van der Waals surface area contributed by atoms with Crippen LogP contribution in [0.2, 0.25) is 0 Å². The number of anilines is 3. The average Bonchev–Trinajstić information content (AvgIpc) is 3.29.